The second-order valence-electron chi connectivity index (χ2n) is 5.60. The van der Waals surface area contributed by atoms with Gasteiger partial charge in [0.05, 0.1) is 12.8 Å². The molecule has 104 valence electrons. The average Bonchev–Trinajstić information content (AvgIpc) is 2.45. The van der Waals surface area contributed by atoms with Gasteiger partial charge < -0.3 is 4.74 Å². The van der Waals surface area contributed by atoms with Crippen LogP contribution >= 0.6 is 0 Å². The molecular weight excluding hydrogens is 238 g/mol. The van der Waals surface area contributed by atoms with Crippen molar-refractivity contribution in [3.63, 3.8) is 0 Å². The van der Waals surface area contributed by atoms with Crippen LogP contribution in [0.4, 0.5) is 0 Å². The largest absolute Gasteiger partial charge is 0.492 e. The van der Waals surface area contributed by atoms with Crippen molar-refractivity contribution in [2.75, 3.05) is 6.61 Å². The Kier molecular flexibility index (Phi) is 4.94. The van der Waals surface area contributed by atoms with Gasteiger partial charge in [-0.1, -0.05) is 26.7 Å². The van der Waals surface area contributed by atoms with Gasteiger partial charge in [0.2, 0.25) is 0 Å². The van der Waals surface area contributed by atoms with Crippen molar-refractivity contribution < 1.29 is 9.53 Å². The zero-order valence-electron chi connectivity index (χ0n) is 11.9. The lowest BCUT2D eigenvalue weighted by atomic mass is 9.83. The highest BCUT2D eigenvalue weighted by atomic mass is 16.5. The summed E-state index contributed by atoms with van der Waals surface area (Å²) in [5.74, 6) is 2.34. The molecule has 3 heteroatoms. The van der Waals surface area contributed by atoms with Crippen LogP contribution in [0, 0.1) is 11.8 Å². The predicted octanol–water partition coefficient (Wildman–Crippen LogP) is 3.88. The summed E-state index contributed by atoms with van der Waals surface area (Å²) in [4.78, 5) is 15.6. The van der Waals surface area contributed by atoms with Crippen molar-refractivity contribution in [3.05, 3.63) is 24.0 Å². The van der Waals surface area contributed by atoms with Gasteiger partial charge in [-0.2, -0.15) is 0 Å². The van der Waals surface area contributed by atoms with Crippen molar-refractivity contribution >= 4 is 5.78 Å². The van der Waals surface area contributed by atoms with E-state index >= 15 is 0 Å². The number of pyridine rings is 1. The minimum Gasteiger partial charge on any atom is -0.492 e. The van der Waals surface area contributed by atoms with Gasteiger partial charge in [-0.15, -0.1) is 0 Å². The first-order chi connectivity index (χ1) is 9.19. The van der Waals surface area contributed by atoms with E-state index in [9.17, 15) is 4.79 Å². The SMILES string of the molecule is CCC(=O)c1ccc(OCC2CCCC(C)C2)cn1. The molecule has 0 radical (unpaired) electrons. The van der Waals surface area contributed by atoms with Crippen molar-refractivity contribution in [1.29, 1.82) is 0 Å². The molecule has 1 aliphatic carbocycles. The molecule has 3 nitrogen and oxygen atoms in total. The first-order valence-corrected chi connectivity index (χ1v) is 7.31. The number of hydrogen-bond donors (Lipinski definition) is 0. The Hall–Kier alpha value is -1.38. The van der Waals surface area contributed by atoms with E-state index in [1.54, 1.807) is 12.3 Å². The molecule has 0 amide bonds. The van der Waals surface area contributed by atoms with Crippen LogP contribution in [0.15, 0.2) is 18.3 Å². The van der Waals surface area contributed by atoms with E-state index < -0.39 is 0 Å². The molecule has 0 N–H and O–H groups in total. The summed E-state index contributed by atoms with van der Waals surface area (Å²) in [6.07, 6.45) is 7.36. The summed E-state index contributed by atoms with van der Waals surface area (Å²) in [5.41, 5.74) is 0.529. The lowest BCUT2D eigenvalue weighted by Gasteiger charge is -2.26. The molecule has 0 aromatic carbocycles. The highest BCUT2D eigenvalue weighted by Crippen LogP contribution is 2.29. The standard InChI is InChI=1S/C16H23NO2/c1-3-16(18)15-8-7-14(10-17-15)19-11-13-6-4-5-12(2)9-13/h7-8,10,12-13H,3-6,9,11H2,1-2H3. The zero-order valence-corrected chi connectivity index (χ0v) is 11.9. The van der Waals surface area contributed by atoms with E-state index in [-0.39, 0.29) is 5.78 Å². The average molecular weight is 261 g/mol. The van der Waals surface area contributed by atoms with E-state index in [4.69, 9.17) is 4.74 Å². The van der Waals surface area contributed by atoms with Crippen LogP contribution in [-0.4, -0.2) is 17.4 Å². The molecule has 1 aromatic heterocycles. The van der Waals surface area contributed by atoms with Crippen molar-refractivity contribution in [3.8, 4) is 5.75 Å². The molecule has 1 heterocycles. The summed E-state index contributed by atoms with van der Waals surface area (Å²) in [6, 6.07) is 3.60. The summed E-state index contributed by atoms with van der Waals surface area (Å²) >= 11 is 0. The van der Waals surface area contributed by atoms with Gasteiger partial charge >= 0.3 is 0 Å². The predicted molar refractivity (Wildman–Crippen MR) is 75.5 cm³/mol. The number of carbonyl (C=O) groups is 1. The van der Waals surface area contributed by atoms with E-state index in [2.05, 4.69) is 11.9 Å². The Morgan fingerprint density at radius 3 is 2.89 bits per heavy atom. The molecule has 0 aliphatic heterocycles. The Morgan fingerprint density at radius 1 is 1.42 bits per heavy atom. The maximum absolute atomic E-state index is 11.5. The monoisotopic (exact) mass is 261 g/mol. The number of rotatable bonds is 5. The maximum atomic E-state index is 11.5. The highest BCUT2D eigenvalue weighted by molar-refractivity contribution is 5.93. The highest BCUT2D eigenvalue weighted by Gasteiger charge is 2.19. The summed E-state index contributed by atoms with van der Waals surface area (Å²) in [6.45, 7) is 4.94. The Labute approximate surface area is 115 Å². The molecule has 0 bridgehead atoms. The summed E-state index contributed by atoms with van der Waals surface area (Å²) in [5, 5.41) is 0. The number of ether oxygens (including phenoxy) is 1. The van der Waals surface area contributed by atoms with Gasteiger partial charge in [-0.05, 0) is 36.8 Å². The van der Waals surface area contributed by atoms with Gasteiger partial charge in [-0.25, -0.2) is 4.98 Å². The minimum atomic E-state index is 0.0765. The van der Waals surface area contributed by atoms with Gasteiger partial charge in [-0.3, -0.25) is 4.79 Å². The van der Waals surface area contributed by atoms with Crippen LogP contribution in [0.3, 0.4) is 0 Å². The fraction of sp³-hybridized carbons (Fsp3) is 0.625. The van der Waals surface area contributed by atoms with Gasteiger partial charge in [0.25, 0.3) is 0 Å². The molecule has 1 saturated carbocycles. The third kappa shape index (κ3) is 4.05. The zero-order chi connectivity index (χ0) is 13.7. The molecule has 1 aliphatic rings. The molecule has 19 heavy (non-hydrogen) atoms. The Balaban J connectivity index is 1.84. The number of hydrogen-bond acceptors (Lipinski definition) is 3. The number of nitrogens with zero attached hydrogens (tertiary/aromatic N) is 1. The van der Waals surface area contributed by atoms with Crippen molar-refractivity contribution in [2.24, 2.45) is 11.8 Å². The molecule has 2 rings (SSSR count). The quantitative estimate of drug-likeness (QED) is 0.755. The number of ketones is 1. The van der Waals surface area contributed by atoms with Crippen LogP contribution in [0.2, 0.25) is 0 Å². The number of aromatic nitrogens is 1. The number of Topliss-reactive ketones (excluding diaryl/α,β-unsaturated/α-hetero) is 1. The van der Waals surface area contributed by atoms with Crippen LogP contribution in [-0.2, 0) is 0 Å². The smallest absolute Gasteiger partial charge is 0.180 e. The first-order valence-electron chi connectivity index (χ1n) is 7.31. The van der Waals surface area contributed by atoms with Crippen LogP contribution in [0.1, 0.15) is 56.4 Å². The van der Waals surface area contributed by atoms with Crippen LogP contribution < -0.4 is 4.74 Å². The molecule has 0 saturated heterocycles. The molecule has 2 atom stereocenters. The van der Waals surface area contributed by atoms with Crippen LogP contribution in [0.25, 0.3) is 0 Å². The number of carbonyl (C=O) groups excluding carboxylic acids is 1. The second-order valence-corrected chi connectivity index (χ2v) is 5.60. The fourth-order valence-electron chi connectivity index (χ4n) is 2.74. The third-order valence-corrected chi connectivity index (χ3v) is 3.87. The van der Waals surface area contributed by atoms with Gasteiger partial charge in [0, 0.05) is 6.42 Å². The topological polar surface area (TPSA) is 39.2 Å². The molecular formula is C16H23NO2. The van der Waals surface area contributed by atoms with Crippen molar-refractivity contribution in [2.45, 2.75) is 46.0 Å². The second kappa shape index (κ2) is 6.69. The first kappa shape index (κ1) is 14.0. The lowest BCUT2D eigenvalue weighted by molar-refractivity contribution is 0.0983. The summed E-state index contributed by atoms with van der Waals surface area (Å²) in [7, 11) is 0. The van der Waals surface area contributed by atoms with Gasteiger partial charge in [0.1, 0.15) is 11.4 Å². The molecule has 1 fully saturated rings. The molecule has 0 spiro atoms. The van der Waals surface area contributed by atoms with Crippen LogP contribution in [0.5, 0.6) is 5.75 Å². The van der Waals surface area contributed by atoms with Crippen molar-refractivity contribution in [1.82, 2.24) is 4.98 Å². The maximum Gasteiger partial charge on any atom is 0.180 e. The molecule has 2 unspecified atom stereocenters. The Bertz CT molecular complexity index is 413. The lowest BCUT2D eigenvalue weighted by Crippen LogP contribution is -2.19. The van der Waals surface area contributed by atoms with E-state index in [0.717, 1.165) is 18.3 Å². The fourth-order valence-corrected chi connectivity index (χ4v) is 2.74. The van der Waals surface area contributed by atoms with E-state index in [1.807, 2.05) is 13.0 Å². The third-order valence-electron chi connectivity index (χ3n) is 3.87. The summed E-state index contributed by atoms with van der Waals surface area (Å²) < 4.78 is 5.79. The Morgan fingerprint density at radius 2 is 2.26 bits per heavy atom. The van der Waals surface area contributed by atoms with Gasteiger partial charge in [0.15, 0.2) is 5.78 Å². The normalized spacial score (nSPS) is 23.1. The van der Waals surface area contributed by atoms with E-state index in [1.165, 1.54) is 25.7 Å². The minimum absolute atomic E-state index is 0.0765. The van der Waals surface area contributed by atoms with E-state index in [0.29, 0.717) is 18.0 Å². The molecule has 1 aromatic rings.